The van der Waals surface area contributed by atoms with Gasteiger partial charge in [-0.1, -0.05) is 31.9 Å². The summed E-state index contributed by atoms with van der Waals surface area (Å²) in [5, 5.41) is 0. The van der Waals surface area contributed by atoms with Crippen LogP contribution in [0.3, 0.4) is 0 Å². The molecule has 0 unspecified atom stereocenters. The zero-order chi connectivity index (χ0) is 12.7. The minimum absolute atomic E-state index is 0.747. The Kier molecular flexibility index (Phi) is 2.95. The van der Waals surface area contributed by atoms with Crippen molar-refractivity contribution in [1.29, 1.82) is 0 Å². The van der Waals surface area contributed by atoms with Crippen LogP contribution < -0.4 is 0 Å². The summed E-state index contributed by atoms with van der Waals surface area (Å²) < 4.78 is 2.02. The molecule has 0 fully saturated rings. The number of aryl methyl sites for hydroxylation is 1. The molecule has 5 heteroatoms. The lowest BCUT2D eigenvalue weighted by Crippen LogP contribution is -1.83. The summed E-state index contributed by atoms with van der Waals surface area (Å²) in [5.41, 5.74) is 3.67. The number of fused-ring (bicyclic) bond motifs is 1. The number of pyridine rings is 1. The summed E-state index contributed by atoms with van der Waals surface area (Å²) >= 11 is 7.01. The highest BCUT2D eigenvalue weighted by atomic mass is 79.9. The molecule has 2 aromatic heterocycles. The minimum atomic E-state index is 0.747. The highest BCUT2D eigenvalue weighted by molar-refractivity contribution is 9.11. The maximum absolute atomic E-state index is 4.53. The Balaban J connectivity index is 2.22. The van der Waals surface area contributed by atoms with E-state index in [0.717, 1.165) is 37.2 Å². The average Bonchev–Trinajstić information content (AvgIpc) is 2.74. The molecule has 0 saturated carbocycles. The molecule has 0 aliphatic heterocycles. The van der Waals surface area contributed by atoms with Crippen LogP contribution in [0.25, 0.3) is 22.6 Å². The van der Waals surface area contributed by atoms with Crippen molar-refractivity contribution in [2.75, 3.05) is 0 Å². The lowest BCUT2D eigenvalue weighted by molar-refractivity contribution is 1.22. The van der Waals surface area contributed by atoms with Crippen molar-refractivity contribution in [1.82, 2.24) is 15.0 Å². The molecule has 0 aliphatic carbocycles. The number of rotatable bonds is 1. The van der Waals surface area contributed by atoms with Gasteiger partial charge in [-0.15, -0.1) is 0 Å². The fourth-order valence-electron chi connectivity index (χ4n) is 1.79. The fourth-order valence-corrected chi connectivity index (χ4v) is 2.59. The molecule has 0 aliphatic rings. The lowest BCUT2D eigenvalue weighted by atomic mass is 10.2. The van der Waals surface area contributed by atoms with Gasteiger partial charge in [0.15, 0.2) is 5.65 Å². The third-order valence-electron chi connectivity index (χ3n) is 2.67. The summed E-state index contributed by atoms with van der Waals surface area (Å²) in [4.78, 5) is 12.2. The molecule has 90 valence electrons. The monoisotopic (exact) mass is 365 g/mol. The van der Waals surface area contributed by atoms with Gasteiger partial charge in [0.2, 0.25) is 0 Å². The molecular formula is C13H9Br2N3. The van der Waals surface area contributed by atoms with Gasteiger partial charge < -0.3 is 4.98 Å². The number of aromatic nitrogens is 3. The number of hydrogen-bond donors (Lipinski definition) is 1. The van der Waals surface area contributed by atoms with Crippen LogP contribution in [0.2, 0.25) is 0 Å². The van der Waals surface area contributed by atoms with Crippen molar-refractivity contribution in [3.8, 4) is 11.4 Å². The highest BCUT2D eigenvalue weighted by Crippen LogP contribution is 2.30. The Morgan fingerprint density at radius 1 is 1.06 bits per heavy atom. The third-order valence-corrected chi connectivity index (χ3v) is 3.85. The number of hydrogen-bond acceptors (Lipinski definition) is 2. The van der Waals surface area contributed by atoms with Crippen LogP contribution in [0.1, 0.15) is 5.69 Å². The largest absolute Gasteiger partial charge is 0.337 e. The predicted octanol–water partition coefficient (Wildman–Crippen LogP) is 4.46. The molecule has 3 nitrogen and oxygen atoms in total. The second-order valence-corrected chi connectivity index (χ2v) is 5.80. The first-order valence-corrected chi connectivity index (χ1v) is 7.01. The first-order valence-electron chi connectivity index (χ1n) is 5.42. The van der Waals surface area contributed by atoms with Gasteiger partial charge in [-0.2, -0.15) is 0 Å². The van der Waals surface area contributed by atoms with E-state index in [1.807, 2.05) is 37.3 Å². The first kappa shape index (κ1) is 11.9. The van der Waals surface area contributed by atoms with Gasteiger partial charge in [0.25, 0.3) is 0 Å². The molecule has 0 atom stereocenters. The smallest absolute Gasteiger partial charge is 0.178 e. The molecule has 18 heavy (non-hydrogen) atoms. The van der Waals surface area contributed by atoms with Gasteiger partial charge in [0, 0.05) is 20.2 Å². The van der Waals surface area contributed by atoms with Crippen molar-refractivity contribution >= 4 is 43.0 Å². The van der Waals surface area contributed by atoms with Crippen LogP contribution in [-0.4, -0.2) is 15.0 Å². The molecule has 3 rings (SSSR count). The Labute approximate surface area is 121 Å². The summed E-state index contributed by atoms with van der Waals surface area (Å²) in [5.74, 6) is 0.816. The Morgan fingerprint density at radius 3 is 2.72 bits per heavy atom. The van der Waals surface area contributed by atoms with E-state index in [1.54, 1.807) is 0 Å². The summed E-state index contributed by atoms with van der Waals surface area (Å²) in [6.07, 6.45) is 0. The first-order chi connectivity index (χ1) is 8.63. The van der Waals surface area contributed by atoms with Crippen LogP contribution in [-0.2, 0) is 0 Å². The van der Waals surface area contributed by atoms with E-state index in [1.165, 1.54) is 0 Å². The summed E-state index contributed by atoms with van der Waals surface area (Å²) in [6.45, 7) is 1.96. The number of benzene rings is 1. The van der Waals surface area contributed by atoms with Crippen molar-refractivity contribution < 1.29 is 0 Å². The highest BCUT2D eigenvalue weighted by Gasteiger charge is 2.10. The zero-order valence-electron chi connectivity index (χ0n) is 9.54. The quantitative estimate of drug-likeness (QED) is 0.690. The molecule has 3 aromatic rings. The Morgan fingerprint density at radius 2 is 1.89 bits per heavy atom. The second-order valence-electron chi connectivity index (χ2n) is 4.03. The molecule has 1 N–H and O–H groups in total. The van der Waals surface area contributed by atoms with E-state index in [-0.39, 0.29) is 0 Å². The van der Waals surface area contributed by atoms with Crippen molar-refractivity contribution in [3.05, 3.63) is 45.0 Å². The van der Waals surface area contributed by atoms with Crippen molar-refractivity contribution in [2.45, 2.75) is 6.92 Å². The van der Waals surface area contributed by atoms with Crippen LogP contribution in [0, 0.1) is 6.92 Å². The molecule has 2 heterocycles. The van der Waals surface area contributed by atoms with Crippen molar-refractivity contribution in [2.24, 2.45) is 0 Å². The normalized spacial score (nSPS) is 11.1. The van der Waals surface area contributed by atoms with E-state index in [4.69, 9.17) is 0 Å². The SMILES string of the molecule is Cc1ccc2[nH]c(-c3cc(Br)ccc3Br)nc2n1. The van der Waals surface area contributed by atoms with E-state index in [9.17, 15) is 0 Å². The maximum Gasteiger partial charge on any atom is 0.178 e. The van der Waals surface area contributed by atoms with E-state index < -0.39 is 0 Å². The molecule has 0 saturated heterocycles. The molecular weight excluding hydrogens is 358 g/mol. The number of H-pyrrole nitrogens is 1. The van der Waals surface area contributed by atoms with E-state index in [2.05, 4.69) is 46.8 Å². The third kappa shape index (κ3) is 2.08. The Bertz CT molecular complexity index is 734. The number of nitrogens with zero attached hydrogens (tertiary/aromatic N) is 2. The van der Waals surface area contributed by atoms with E-state index in [0.29, 0.717) is 0 Å². The molecule has 1 aromatic carbocycles. The molecule has 0 spiro atoms. The standard InChI is InChI=1S/C13H9Br2N3/c1-7-2-5-11-13(16-7)18-12(17-11)9-6-8(14)3-4-10(9)15/h2-6H,1H3,(H,16,17,18). The van der Waals surface area contributed by atoms with Gasteiger partial charge in [0.1, 0.15) is 5.82 Å². The van der Waals surface area contributed by atoms with Gasteiger partial charge in [-0.25, -0.2) is 9.97 Å². The second kappa shape index (κ2) is 4.48. The van der Waals surface area contributed by atoms with Crippen LogP contribution in [0.15, 0.2) is 39.3 Å². The Hall–Kier alpha value is -1.20. The number of imidazole rings is 1. The summed E-state index contributed by atoms with van der Waals surface area (Å²) in [6, 6.07) is 9.97. The minimum Gasteiger partial charge on any atom is -0.337 e. The summed E-state index contributed by atoms with van der Waals surface area (Å²) in [7, 11) is 0. The zero-order valence-corrected chi connectivity index (χ0v) is 12.7. The number of halogens is 2. The van der Waals surface area contributed by atoms with Gasteiger partial charge >= 0.3 is 0 Å². The number of aromatic amines is 1. The van der Waals surface area contributed by atoms with Gasteiger partial charge in [-0.3, -0.25) is 0 Å². The molecule has 0 bridgehead atoms. The lowest BCUT2D eigenvalue weighted by Gasteiger charge is -2.00. The average molecular weight is 367 g/mol. The van der Waals surface area contributed by atoms with Crippen LogP contribution >= 0.6 is 31.9 Å². The number of nitrogens with one attached hydrogen (secondary N) is 1. The van der Waals surface area contributed by atoms with Gasteiger partial charge in [0.05, 0.1) is 5.52 Å². The van der Waals surface area contributed by atoms with Gasteiger partial charge in [-0.05, 0) is 37.3 Å². The van der Waals surface area contributed by atoms with E-state index >= 15 is 0 Å². The molecule has 0 radical (unpaired) electrons. The fraction of sp³-hybridized carbons (Fsp3) is 0.0769. The van der Waals surface area contributed by atoms with Crippen LogP contribution in [0.5, 0.6) is 0 Å². The predicted molar refractivity (Wildman–Crippen MR) is 79.5 cm³/mol. The molecule has 0 amide bonds. The topological polar surface area (TPSA) is 41.6 Å². The van der Waals surface area contributed by atoms with Crippen LogP contribution in [0.4, 0.5) is 0 Å². The maximum atomic E-state index is 4.53. The van der Waals surface area contributed by atoms with Crippen molar-refractivity contribution in [3.63, 3.8) is 0 Å².